The molecule has 3 nitrogen and oxygen atoms in total. The molecule has 0 aromatic carbocycles. The molecule has 0 spiro atoms. The van der Waals surface area contributed by atoms with Crippen molar-refractivity contribution < 1.29 is 14.3 Å². The van der Waals surface area contributed by atoms with Crippen LogP contribution in [0.15, 0.2) is 11.6 Å². The van der Waals surface area contributed by atoms with Crippen LogP contribution in [0.5, 0.6) is 0 Å². The number of ether oxygens (including phenoxy) is 1. The number of hydrogen-bond acceptors (Lipinski definition) is 3. The van der Waals surface area contributed by atoms with E-state index in [0.29, 0.717) is 18.2 Å². The molecule has 0 unspecified atom stereocenters. The first-order chi connectivity index (χ1) is 9.21. The number of carbonyl (C=O) groups is 2. The number of carbonyl (C=O) groups excluding carboxylic acids is 2. The third kappa shape index (κ3) is 4.19. The molecule has 0 N–H and O–H groups in total. The normalized spacial score (nSPS) is 26.9. The summed E-state index contributed by atoms with van der Waals surface area (Å²) >= 11 is 0. The quantitative estimate of drug-likeness (QED) is 0.522. The predicted octanol–water partition coefficient (Wildman–Crippen LogP) is 4.06. The van der Waals surface area contributed by atoms with Crippen molar-refractivity contribution in [2.75, 3.05) is 0 Å². The lowest BCUT2D eigenvalue weighted by Gasteiger charge is -2.36. The van der Waals surface area contributed by atoms with E-state index in [1.807, 2.05) is 13.8 Å². The zero-order valence-corrected chi connectivity index (χ0v) is 13.5. The zero-order valence-electron chi connectivity index (χ0n) is 13.5. The van der Waals surface area contributed by atoms with Gasteiger partial charge in [-0.05, 0) is 58.8 Å². The molecule has 0 heterocycles. The minimum Gasteiger partial charge on any atom is -0.462 e. The predicted molar refractivity (Wildman–Crippen MR) is 80.3 cm³/mol. The standard InChI is InChI=1S/C17H28O3/c1-13-11-15(8-10-17(13,5)14(2)19)7-6-9-16(3,4)20-12-18/h11-13H,6-10H2,1-5H3/t13-,17+/m1/s1. The molecular weight excluding hydrogens is 252 g/mol. The fourth-order valence-corrected chi connectivity index (χ4v) is 2.90. The number of ketones is 1. The van der Waals surface area contributed by atoms with E-state index in [9.17, 15) is 9.59 Å². The van der Waals surface area contributed by atoms with Gasteiger partial charge in [0.2, 0.25) is 0 Å². The number of allylic oxidation sites excluding steroid dienone is 2. The molecule has 0 saturated heterocycles. The van der Waals surface area contributed by atoms with Crippen LogP contribution in [0.2, 0.25) is 0 Å². The maximum absolute atomic E-state index is 11.8. The summed E-state index contributed by atoms with van der Waals surface area (Å²) in [7, 11) is 0. The van der Waals surface area contributed by atoms with E-state index in [1.165, 1.54) is 5.57 Å². The molecule has 1 aliphatic rings. The van der Waals surface area contributed by atoms with E-state index in [2.05, 4.69) is 19.9 Å². The Hall–Kier alpha value is -1.12. The van der Waals surface area contributed by atoms with E-state index < -0.39 is 0 Å². The third-order valence-corrected chi connectivity index (χ3v) is 4.90. The molecule has 0 amide bonds. The second-order valence-electron chi connectivity index (χ2n) is 6.91. The Labute approximate surface area is 122 Å². The van der Waals surface area contributed by atoms with Crippen LogP contribution in [0.3, 0.4) is 0 Å². The van der Waals surface area contributed by atoms with Gasteiger partial charge in [0.1, 0.15) is 11.4 Å². The van der Waals surface area contributed by atoms with Gasteiger partial charge >= 0.3 is 0 Å². The topological polar surface area (TPSA) is 43.4 Å². The highest BCUT2D eigenvalue weighted by Gasteiger charge is 2.37. The Morgan fingerprint density at radius 1 is 1.55 bits per heavy atom. The largest absolute Gasteiger partial charge is 0.462 e. The van der Waals surface area contributed by atoms with Gasteiger partial charge in [0, 0.05) is 5.41 Å². The highest BCUT2D eigenvalue weighted by Crippen LogP contribution is 2.41. The molecule has 114 valence electrons. The molecule has 20 heavy (non-hydrogen) atoms. The summed E-state index contributed by atoms with van der Waals surface area (Å²) in [6, 6.07) is 0. The highest BCUT2D eigenvalue weighted by molar-refractivity contribution is 5.82. The molecule has 2 atom stereocenters. The summed E-state index contributed by atoms with van der Waals surface area (Å²) in [5, 5.41) is 0. The van der Waals surface area contributed by atoms with Gasteiger partial charge < -0.3 is 4.74 Å². The average Bonchev–Trinajstić information content (AvgIpc) is 2.33. The minimum absolute atomic E-state index is 0.191. The highest BCUT2D eigenvalue weighted by atomic mass is 16.5. The number of hydrogen-bond donors (Lipinski definition) is 0. The van der Waals surface area contributed by atoms with Crippen molar-refractivity contribution in [2.45, 2.75) is 72.3 Å². The summed E-state index contributed by atoms with van der Waals surface area (Å²) < 4.78 is 5.06. The van der Waals surface area contributed by atoms with Crippen LogP contribution in [-0.2, 0) is 14.3 Å². The Balaban J connectivity index is 2.51. The fraction of sp³-hybridized carbons (Fsp3) is 0.765. The van der Waals surface area contributed by atoms with Crippen molar-refractivity contribution >= 4 is 12.3 Å². The van der Waals surface area contributed by atoms with Crippen LogP contribution in [-0.4, -0.2) is 17.9 Å². The monoisotopic (exact) mass is 280 g/mol. The van der Waals surface area contributed by atoms with E-state index in [-0.39, 0.29) is 11.0 Å². The first-order valence-corrected chi connectivity index (χ1v) is 7.53. The maximum atomic E-state index is 11.8. The van der Waals surface area contributed by atoms with E-state index in [4.69, 9.17) is 4.74 Å². The molecule has 0 radical (unpaired) electrons. The zero-order chi connectivity index (χ0) is 15.4. The Morgan fingerprint density at radius 3 is 2.70 bits per heavy atom. The van der Waals surface area contributed by atoms with Crippen molar-refractivity contribution in [1.82, 2.24) is 0 Å². The molecule has 1 rings (SSSR count). The van der Waals surface area contributed by atoms with Crippen molar-refractivity contribution in [3.05, 3.63) is 11.6 Å². The van der Waals surface area contributed by atoms with Gasteiger partial charge in [0.15, 0.2) is 0 Å². The smallest absolute Gasteiger partial charge is 0.293 e. The molecule has 0 bridgehead atoms. The maximum Gasteiger partial charge on any atom is 0.293 e. The van der Waals surface area contributed by atoms with Gasteiger partial charge in [0.25, 0.3) is 6.47 Å². The van der Waals surface area contributed by atoms with Gasteiger partial charge in [-0.3, -0.25) is 9.59 Å². The van der Waals surface area contributed by atoms with Crippen LogP contribution in [0.4, 0.5) is 0 Å². The van der Waals surface area contributed by atoms with Gasteiger partial charge in [-0.15, -0.1) is 0 Å². The van der Waals surface area contributed by atoms with Crippen LogP contribution in [0, 0.1) is 11.3 Å². The molecule has 1 aliphatic carbocycles. The lowest BCUT2D eigenvalue weighted by atomic mass is 9.67. The SMILES string of the molecule is CC(=O)[C@@]1(C)CCC(CCCC(C)(C)OC=O)=C[C@H]1C. The van der Waals surface area contributed by atoms with Crippen LogP contribution < -0.4 is 0 Å². The minimum atomic E-state index is -0.378. The molecule has 3 heteroatoms. The van der Waals surface area contributed by atoms with E-state index >= 15 is 0 Å². The van der Waals surface area contributed by atoms with E-state index in [1.54, 1.807) is 6.92 Å². The molecule has 0 aliphatic heterocycles. The van der Waals surface area contributed by atoms with Gasteiger partial charge in [-0.2, -0.15) is 0 Å². The third-order valence-electron chi connectivity index (χ3n) is 4.90. The summed E-state index contributed by atoms with van der Waals surface area (Å²) in [4.78, 5) is 22.2. The molecule has 0 aromatic rings. The van der Waals surface area contributed by atoms with Crippen LogP contribution in [0.25, 0.3) is 0 Å². The Morgan fingerprint density at radius 2 is 2.20 bits per heavy atom. The summed E-state index contributed by atoms with van der Waals surface area (Å²) in [6.45, 7) is 10.3. The molecular formula is C17H28O3. The lowest BCUT2D eigenvalue weighted by molar-refractivity contribution is -0.140. The van der Waals surface area contributed by atoms with Crippen molar-refractivity contribution in [3.8, 4) is 0 Å². The average molecular weight is 280 g/mol. The van der Waals surface area contributed by atoms with Gasteiger partial charge in [0.05, 0.1) is 0 Å². The van der Waals surface area contributed by atoms with Gasteiger partial charge in [-0.25, -0.2) is 0 Å². The summed E-state index contributed by atoms with van der Waals surface area (Å²) in [5.74, 6) is 0.601. The van der Waals surface area contributed by atoms with E-state index in [0.717, 1.165) is 32.1 Å². The Bertz CT molecular complexity index is 395. The first-order valence-electron chi connectivity index (χ1n) is 7.53. The summed E-state index contributed by atoms with van der Waals surface area (Å²) in [5.41, 5.74) is 0.873. The van der Waals surface area contributed by atoms with Crippen molar-refractivity contribution in [1.29, 1.82) is 0 Å². The van der Waals surface area contributed by atoms with Crippen LogP contribution >= 0.6 is 0 Å². The first kappa shape index (κ1) is 16.9. The van der Waals surface area contributed by atoms with Crippen molar-refractivity contribution in [2.24, 2.45) is 11.3 Å². The Kier molecular flexibility index (Phi) is 5.55. The fourth-order valence-electron chi connectivity index (χ4n) is 2.90. The number of rotatable bonds is 7. The molecule has 0 aromatic heterocycles. The second-order valence-corrected chi connectivity index (χ2v) is 6.91. The number of Topliss-reactive ketones (excluding diaryl/α,β-unsaturated/α-hetero) is 1. The molecule has 0 fully saturated rings. The molecule has 0 saturated carbocycles. The van der Waals surface area contributed by atoms with Crippen LogP contribution in [0.1, 0.15) is 66.7 Å². The second kappa shape index (κ2) is 6.55. The summed E-state index contributed by atoms with van der Waals surface area (Å²) in [6.07, 6.45) is 7.14. The van der Waals surface area contributed by atoms with Gasteiger partial charge in [-0.1, -0.05) is 25.5 Å². The van der Waals surface area contributed by atoms with Crippen molar-refractivity contribution in [3.63, 3.8) is 0 Å². The lowest BCUT2D eigenvalue weighted by Crippen LogP contribution is -2.34.